The quantitative estimate of drug-likeness (QED) is 0.486. The molecule has 0 aliphatic carbocycles. The molecular weight excluding hydrogens is 336 g/mol. The zero-order valence-corrected chi connectivity index (χ0v) is 16.0. The summed E-state index contributed by atoms with van der Waals surface area (Å²) < 4.78 is 22.1. The van der Waals surface area contributed by atoms with Crippen molar-refractivity contribution in [3.8, 4) is 0 Å². The SMILES string of the molecule is C/C1=C\CC[C@]2(C)O[C@@H]2COC(=O)/C(C)=C/CC[C@@]2(C)O[C@H]2COC1=O. The first-order valence-corrected chi connectivity index (χ1v) is 9.27. The maximum Gasteiger partial charge on any atom is 0.333 e. The molecule has 0 radical (unpaired) electrons. The third-order valence-corrected chi connectivity index (χ3v) is 5.63. The molecule has 0 unspecified atom stereocenters. The van der Waals surface area contributed by atoms with Gasteiger partial charge in [-0.05, 0) is 53.4 Å². The van der Waals surface area contributed by atoms with Gasteiger partial charge in [0.2, 0.25) is 0 Å². The molecule has 2 fully saturated rings. The molecule has 0 aromatic heterocycles. The highest BCUT2D eigenvalue weighted by Gasteiger charge is 2.53. The van der Waals surface area contributed by atoms with Crippen LogP contribution in [0.4, 0.5) is 0 Å². The first kappa shape index (κ1) is 19.1. The third kappa shape index (κ3) is 4.35. The number of hydrogen-bond acceptors (Lipinski definition) is 6. The molecule has 26 heavy (non-hydrogen) atoms. The lowest BCUT2D eigenvalue weighted by atomic mass is 10.0. The Hall–Kier alpha value is -1.66. The maximum atomic E-state index is 12.1. The van der Waals surface area contributed by atoms with Crippen LogP contribution >= 0.6 is 0 Å². The molecule has 4 atom stereocenters. The highest BCUT2D eigenvalue weighted by Crippen LogP contribution is 2.42. The molecule has 0 aromatic carbocycles. The summed E-state index contributed by atoms with van der Waals surface area (Å²) in [5.41, 5.74) is 0.597. The second kappa shape index (κ2) is 7.16. The largest absolute Gasteiger partial charge is 0.459 e. The molecule has 0 aromatic rings. The zero-order chi connectivity index (χ0) is 18.9. The Morgan fingerprint density at radius 1 is 0.808 bits per heavy atom. The van der Waals surface area contributed by atoms with E-state index in [1.165, 1.54) is 0 Å². The van der Waals surface area contributed by atoms with E-state index in [1.807, 2.05) is 26.0 Å². The van der Waals surface area contributed by atoms with E-state index < -0.39 is 0 Å². The standard InChI is InChI=1S/C20H28O6/c1-13-7-5-9-19(3)16(26-19)12-24-18(22)14(2)8-6-10-20(4)15(25-20)11-23-17(13)21/h7-8,15-16H,5-6,9-12H2,1-4H3/b13-7+,14-8+/t15-,16+,19-,20+. The van der Waals surface area contributed by atoms with Crippen molar-refractivity contribution in [2.45, 2.75) is 76.8 Å². The molecule has 3 aliphatic heterocycles. The highest BCUT2D eigenvalue weighted by molar-refractivity contribution is 5.88. The van der Waals surface area contributed by atoms with Crippen LogP contribution in [-0.2, 0) is 28.5 Å². The Morgan fingerprint density at radius 3 is 1.58 bits per heavy atom. The van der Waals surface area contributed by atoms with Gasteiger partial charge in [-0.3, -0.25) is 0 Å². The first-order valence-electron chi connectivity index (χ1n) is 9.27. The number of carbonyl (C=O) groups excluding carboxylic acids is 2. The topological polar surface area (TPSA) is 77.7 Å². The number of esters is 2. The molecule has 3 heterocycles. The molecule has 6 heteroatoms. The first-order chi connectivity index (χ1) is 12.2. The van der Waals surface area contributed by atoms with Crippen LogP contribution < -0.4 is 0 Å². The normalized spacial score (nSPS) is 43.1. The molecule has 2 saturated heterocycles. The lowest BCUT2D eigenvalue weighted by molar-refractivity contribution is -0.140. The highest BCUT2D eigenvalue weighted by atomic mass is 16.6. The van der Waals surface area contributed by atoms with E-state index in [9.17, 15) is 9.59 Å². The fraction of sp³-hybridized carbons (Fsp3) is 0.700. The number of cyclic esters (lactones) is 2. The Morgan fingerprint density at radius 2 is 1.19 bits per heavy atom. The molecule has 0 spiro atoms. The van der Waals surface area contributed by atoms with Gasteiger partial charge in [-0.1, -0.05) is 12.2 Å². The van der Waals surface area contributed by atoms with E-state index in [4.69, 9.17) is 18.9 Å². The maximum absolute atomic E-state index is 12.1. The van der Waals surface area contributed by atoms with Crippen LogP contribution in [0.2, 0.25) is 0 Å². The molecule has 144 valence electrons. The summed E-state index contributed by atoms with van der Waals surface area (Å²) in [4.78, 5) is 24.2. The fourth-order valence-corrected chi connectivity index (χ4v) is 3.29. The second-order valence-corrected chi connectivity index (χ2v) is 7.89. The molecule has 6 nitrogen and oxygen atoms in total. The van der Waals surface area contributed by atoms with Gasteiger partial charge in [0.05, 0.1) is 11.2 Å². The summed E-state index contributed by atoms with van der Waals surface area (Å²) in [6.07, 6.45) is 6.52. The summed E-state index contributed by atoms with van der Waals surface area (Å²) in [5, 5.41) is 0. The Labute approximate surface area is 154 Å². The fourth-order valence-electron chi connectivity index (χ4n) is 3.29. The molecule has 3 rings (SSSR count). The minimum Gasteiger partial charge on any atom is -0.459 e. The van der Waals surface area contributed by atoms with Crippen LogP contribution in [0.5, 0.6) is 0 Å². The van der Waals surface area contributed by atoms with Crippen LogP contribution in [0.15, 0.2) is 23.3 Å². The average molecular weight is 364 g/mol. The minimum atomic E-state index is -0.299. The van der Waals surface area contributed by atoms with E-state index in [1.54, 1.807) is 13.8 Å². The van der Waals surface area contributed by atoms with Gasteiger partial charge in [0.25, 0.3) is 0 Å². The number of hydrogen-bond donors (Lipinski definition) is 0. The molecule has 0 N–H and O–H groups in total. The molecule has 0 saturated carbocycles. The monoisotopic (exact) mass is 364 g/mol. The van der Waals surface area contributed by atoms with Crippen LogP contribution in [0.1, 0.15) is 53.4 Å². The van der Waals surface area contributed by atoms with E-state index in [-0.39, 0.29) is 48.6 Å². The van der Waals surface area contributed by atoms with Crippen molar-refractivity contribution in [2.24, 2.45) is 0 Å². The van der Waals surface area contributed by atoms with E-state index in [0.29, 0.717) is 24.0 Å². The number of allylic oxidation sites excluding steroid dienone is 2. The lowest BCUT2D eigenvalue weighted by Gasteiger charge is -2.09. The van der Waals surface area contributed by atoms with Gasteiger partial charge in [-0.2, -0.15) is 0 Å². The van der Waals surface area contributed by atoms with Crippen molar-refractivity contribution in [1.82, 2.24) is 0 Å². The van der Waals surface area contributed by atoms with E-state index in [2.05, 4.69) is 0 Å². The van der Waals surface area contributed by atoms with Gasteiger partial charge in [0.15, 0.2) is 0 Å². The van der Waals surface area contributed by atoms with Crippen LogP contribution in [-0.4, -0.2) is 48.6 Å². The summed E-state index contributed by atoms with van der Waals surface area (Å²) in [6.45, 7) is 8.04. The molecule has 0 bridgehead atoms. The summed E-state index contributed by atoms with van der Waals surface area (Å²) >= 11 is 0. The van der Waals surface area contributed by atoms with Crippen LogP contribution in [0.3, 0.4) is 0 Å². The minimum absolute atomic E-state index is 0.0849. The second-order valence-electron chi connectivity index (χ2n) is 7.89. The third-order valence-electron chi connectivity index (χ3n) is 5.63. The summed E-state index contributed by atoms with van der Waals surface area (Å²) in [5.74, 6) is -0.598. The van der Waals surface area contributed by atoms with Crippen molar-refractivity contribution in [2.75, 3.05) is 13.2 Å². The number of epoxide rings is 2. The average Bonchev–Trinajstić information content (AvgIpc) is 3.45. The Bertz CT molecular complexity index is 595. The molecule has 0 amide bonds. The van der Waals surface area contributed by atoms with Crippen molar-refractivity contribution in [3.05, 3.63) is 23.3 Å². The smallest absolute Gasteiger partial charge is 0.333 e. The van der Waals surface area contributed by atoms with Crippen molar-refractivity contribution >= 4 is 11.9 Å². The van der Waals surface area contributed by atoms with Crippen molar-refractivity contribution < 1.29 is 28.5 Å². The van der Waals surface area contributed by atoms with Gasteiger partial charge < -0.3 is 18.9 Å². The Kier molecular flexibility index (Phi) is 5.26. The predicted molar refractivity (Wildman–Crippen MR) is 94.5 cm³/mol. The van der Waals surface area contributed by atoms with Crippen LogP contribution in [0, 0.1) is 0 Å². The number of fused-ring (bicyclic) bond motifs is 2. The summed E-state index contributed by atoms with van der Waals surface area (Å²) in [7, 11) is 0. The van der Waals surface area contributed by atoms with Gasteiger partial charge >= 0.3 is 11.9 Å². The van der Waals surface area contributed by atoms with Crippen molar-refractivity contribution in [3.63, 3.8) is 0 Å². The van der Waals surface area contributed by atoms with Gasteiger partial charge in [-0.25, -0.2) is 9.59 Å². The zero-order valence-electron chi connectivity index (χ0n) is 16.0. The van der Waals surface area contributed by atoms with E-state index >= 15 is 0 Å². The van der Waals surface area contributed by atoms with Gasteiger partial charge in [0, 0.05) is 11.1 Å². The van der Waals surface area contributed by atoms with Crippen LogP contribution in [0.25, 0.3) is 0 Å². The lowest BCUT2D eigenvalue weighted by Crippen LogP contribution is -2.19. The van der Waals surface area contributed by atoms with E-state index in [0.717, 1.165) is 12.8 Å². The molecule has 3 aliphatic rings. The van der Waals surface area contributed by atoms with Crippen molar-refractivity contribution in [1.29, 1.82) is 0 Å². The van der Waals surface area contributed by atoms with Gasteiger partial charge in [0.1, 0.15) is 25.4 Å². The molecular formula is C20H28O6. The summed E-state index contributed by atoms with van der Waals surface area (Å²) in [6, 6.07) is 0. The van der Waals surface area contributed by atoms with Gasteiger partial charge in [-0.15, -0.1) is 0 Å². The predicted octanol–water partition coefficient (Wildman–Crippen LogP) is 2.85. The number of ether oxygens (including phenoxy) is 4. The number of rotatable bonds is 0. The Balaban J connectivity index is 1.64. The number of carbonyl (C=O) groups is 2.